The van der Waals surface area contributed by atoms with E-state index in [4.69, 9.17) is 4.74 Å². The summed E-state index contributed by atoms with van der Waals surface area (Å²) >= 11 is 0. The first-order valence-corrected chi connectivity index (χ1v) is 8.50. The molecule has 1 aliphatic rings. The second-order valence-corrected chi connectivity index (χ2v) is 6.25. The van der Waals surface area contributed by atoms with Crippen molar-refractivity contribution < 1.29 is 28.7 Å². The number of hydrogen-bond donors (Lipinski definition) is 2. The van der Waals surface area contributed by atoms with Crippen molar-refractivity contribution >= 4 is 29.7 Å². The number of ether oxygens (including phenoxy) is 1. The number of urea groups is 1. The van der Waals surface area contributed by atoms with E-state index in [1.807, 2.05) is 5.32 Å². The minimum absolute atomic E-state index is 0.0706. The second kappa shape index (κ2) is 8.93. The van der Waals surface area contributed by atoms with Gasteiger partial charge in [-0.25, -0.2) is 4.79 Å². The summed E-state index contributed by atoms with van der Waals surface area (Å²) in [6.07, 6.45) is 0.138. The van der Waals surface area contributed by atoms with Crippen molar-refractivity contribution in [2.45, 2.75) is 32.7 Å². The molecule has 9 heteroatoms. The quantitative estimate of drug-likeness (QED) is 0.538. The van der Waals surface area contributed by atoms with E-state index in [0.717, 1.165) is 4.90 Å². The molecule has 0 spiro atoms. The summed E-state index contributed by atoms with van der Waals surface area (Å²) in [6, 6.07) is 5.71. The van der Waals surface area contributed by atoms with Crippen molar-refractivity contribution in [3.05, 3.63) is 35.4 Å². The Labute approximate surface area is 156 Å². The van der Waals surface area contributed by atoms with Crippen LogP contribution in [0.1, 0.15) is 47.4 Å². The number of esters is 1. The van der Waals surface area contributed by atoms with Gasteiger partial charge in [0, 0.05) is 19.0 Å². The standard InChI is InChI=1S/C18H21N3O6/c1-11(2)19-18(26)20-14(22)10-27-15(23)8-5-9-21-16(24)12-6-3-4-7-13(12)17(21)25/h3-4,6-7,11H,5,8-10H2,1-2H3,(H2,19,20,22,26). The van der Waals surface area contributed by atoms with Crippen molar-refractivity contribution in [3.8, 4) is 0 Å². The van der Waals surface area contributed by atoms with Crippen LogP contribution >= 0.6 is 0 Å². The van der Waals surface area contributed by atoms with Gasteiger partial charge < -0.3 is 10.1 Å². The van der Waals surface area contributed by atoms with Crippen LogP contribution in [0.4, 0.5) is 4.79 Å². The summed E-state index contributed by atoms with van der Waals surface area (Å²) in [5.74, 6) is -2.19. The van der Waals surface area contributed by atoms with E-state index < -0.39 is 24.5 Å². The van der Waals surface area contributed by atoms with Gasteiger partial charge in [0.1, 0.15) is 0 Å². The molecule has 1 aromatic rings. The predicted molar refractivity (Wildman–Crippen MR) is 93.8 cm³/mol. The zero-order valence-electron chi connectivity index (χ0n) is 15.1. The van der Waals surface area contributed by atoms with Crippen molar-refractivity contribution in [1.82, 2.24) is 15.5 Å². The number of rotatable bonds is 7. The maximum absolute atomic E-state index is 12.2. The van der Waals surface area contributed by atoms with Crippen LogP contribution in [-0.4, -0.2) is 53.8 Å². The molecular formula is C18H21N3O6. The average Bonchev–Trinajstić information content (AvgIpc) is 2.84. The van der Waals surface area contributed by atoms with Gasteiger partial charge in [-0.05, 0) is 32.4 Å². The molecule has 144 valence electrons. The normalized spacial score (nSPS) is 12.8. The fourth-order valence-electron chi connectivity index (χ4n) is 2.50. The molecule has 1 heterocycles. The number of benzene rings is 1. The molecule has 0 unspecified atom stereocenters. The van der Waals surface area contributed by atoms with Gasteiger partial charge in [-0.3, -0.25) is 29.4 Å². The summed E-state index contributed by atoms with van der Waals surface area (Å²) in [7, 11) is 0. The topological polar surface area (TPSA) is 122 Å². The van der Waals surface area contributed by atoms with Crippen LogP contribution in [-0.2, 0) is 14.3 Å². The van der Waals surface area contributed by atoms with E-state index in [0.29, 0.717) is 11.1 Å². The molecule has 0 aliphatic carbocycles. The van der Waals surface area contributed by atoms with Gasteiger partial charge in [0.25, 0.3) is 17.7 Å². The number of imide groups is 2. The lowest BCUT2D eigenvalue weighted by Gasteiger charge is -2.13. The SMILES string of the molecule is CC(C)NC(=O)NC(=O)COC(=O)CCCN1C(=O)c2ccccc2C1=O. The number of hydrogen-bond acceptors (Lipinski definition) is 6. The van der Waals surface area contributed by atoms with Gasteiger partial charge in [0.15, 0.2) is 6.61 Å². The molecule has 0 saturated heterocycles. The summed E-state index contributed by atoms with van der Waals surface area (Å²) in [4.78, 5) is 59.9. The predicted octanol–water partition coefficient (Wildman–Crippen LogP) is 0.840. The van der Waals surface area contributed by atoms with Gasteiger partial charge in [-0.15, -0.1) is 0 Å². The number of amides is 5. The molecule has 0 fully saturated rings. The maximum Gasteiger partial charge on any atom is 0.321 e. The lowest BCUT2D eigenvalue weighted by molar-refractivity contribution is -0.148. The Balaban J connectivity index is 1.70. The van der Waals surface area contributed by atoms with Gasteiger partial charge in [-0.2, -0.15) is 0 Å². The molecule has 0 bridgehead atoms. The molecule has 2 rings (SSSR count). The zero-order valence-corrected chi connectivity index (χ0v) is 15.1. The Morgan fingerprint density at radius 1 is 1.07 bits per heavy atom. The van der Waals surface area contributed by atoms with E-state index in [2.05, 4.69) is 5.32 Å². The molecule has 1 aromatic carbocycles. The molecule has 0 saturated carbocycles. The van der Waals surface area contributed by atoms with Crippen LogP contribution < -0.4 is 10.6 Å². The fourth-order valence-corrected chi connectivity index (χ4v) is 2.50. The van der Waals surface area contributed by atoms with Crippen LogP contribution in [0.15, 0.2) is 24.3 Å². The molecule has 1 aliphatic heterocycles. The molecule has 5 amide bonds. The lowest BCUT2D eigenvalue weighted by Crippen LogP contribution is -2.44. The molecule has 9 nitrogen and oxygen atoms in total. The molecule has 0 atom stereocenters. The van der Waals surface area contributed by atoms with E-state index in [9.17, 15) is 24.0 Å². The molecule has 0 radical (unpaired) electrons. The Kier molecular flexibility index (Phi) is 6.64. The molecular weight excluding hydrogens is 354 g/mol. The Bertz CT molecular complexity index is 739. The Morgan fingerprint density at radius 2 is 1.67 bits per heavy atom. The van der Waals surface area contributed by atoms with Crippen LogP contribution in [0.5, 0.6) is 0 Å². The smallest absolute Gasteiger partial charge is 0.321 e. The lowest BCUT2D eigenvalue weighted by atomic mass is 10.1. The maximum atomic E-state index is 12.2. The van der Waals surface area contributed by atoms with E-state index in [1.165, 1.54) is 0 Å². The highest BCUT2D eigenvalue weighted by Crippen LogP contribution is 2.22. The van der Waals surface area contributed by atoms with Crippen molar-refractivity contribution in [2.24, 2.45) is 0 Å². The Hall–Kier alpha value is -3.23. The largest absolute Gasteiger partial charge is 0.456 e. The summed E-state index contributed by atoms with van der Waals surface area (Å²) in [6.45, 7) is 2.96. The highest BCUT2D eigenvalue weighted by atomic mass is 16.5. The van der Waals surface area contributed by atoms with E-state index in [1.54, 1.807) is 38.1 Å². The number of carbonyl (C=O) groups is 5. The number of carbonyl (C=O) groups excluding carboxylic acids is 5. The van der Waals surface area contributed by atoms with E-state index in [-0.39, 0.29) is 37.2 Å². The zero-order chi connectivity index (χ0) is 20.0. The van der Waals surface area contributed by atoms with Gasteiger partial charge >= 0.3 is 12.0 Å². The van der Waals surface area contributed by atoms with Gasteiger partial charge in [0.2, 0.25) is 0 Å². The number of fused-ring (bicyclic) bond motifs is 1. The third-order valence-electron chi connectivity index (χ3n) is 3.68. The van der Waals surface area contributed by atoms with Crippen molar-refractivity contribution in [2.75, 3.05) is 13.2 Å². The number of nitrogens with one attached hydrogen (secondary N) is 2. The first-order chi connectivity index (χ1) is 12.8. The molecule has 27 heavy (non-hydrogen) atoms. The van der Waals surface area contributed by atoms with Crippen LogP contribution in [0.3, 0.4) is 0 Å². The first-order valence-electron chi connectivity index (χ1n) is 8.50. The van der Waals surface area contributed by atoms with Crippen LogP contribution in [0, 0.1) is 0 Å². The minimum Gasteiger partial charge on any atom is -0.456 e. The Morgan fingerprint density at radius 3 is 2.22 bits per heavy atom. The van der Waals surface area contributed by atoms with Crippen LogP contribution in [0.25, 0.3) is 0 Å². The van der Waals surface area contributed by atoms with Gasteiger partial charge in [0.05, 0.1) is 11.1 Å². The van der Waals surface area contributed by atoms with Crippen molar-refractivity contribution in [3.63, 3.8) is 0 Å². The third-order valence-corrected chi connectivity index (χ3v) is 3.68. The van der Waals surface area contributed by atoms with Gasteiger partial charge in [-0.1, -0.05) is 12.1 Å². The third kappa shape index (κ3) is 5.37. The average molecular weight is 375 g/mol. The first kappa shape index (κ1) is 20.1. The summed E-state index contributed by atoms with van der Waals surface area (Å²) in [5, 5.41) is 4.49. The van der Waals surface area contributed by atoms with Crippen molar-refractivity contribution in [1.29, 1.82) is 0 Å². The summed E-state index contributed by atoms with van der Waals surface area (Å²) in [5.41, 5.74) is 0.697. The highest BCUT2D eigenvalue weighted by molar-refractivity contribution is 6.21. The fraction of sp³-hybridized carbons (Fsp3) is 0.389. The second-order valence-electron chi connectivity index (χ2n) is 6.25. The van der Waals surface area contributed by atoms with E-state index >= 15 is 0 Å². The van der Waals surface area contributed by atoms with Crippen LogP contribution in [0.2, 0.25) is 0 Å². The summed E-state index contributed by atoms with van der Waals surface area (Å²) < 4.78 is 4.77. The highest BCUT2D eigenvalue weighted by Gasteiger charge is 2.34. The number of nitrogens with zero attached hydrogens (tertiary/aromatic N) is 1. The molecule has 2 N–H and O–H groups in total. The molecule has 0 aromatic heterocycles. The minimum atomic E-state index is -0.748. The monoisotopic (exact) mass is 375 g/mol.